The van der Waals surface area contributed by atoms with Gasteiger partial charge in [0.05, 0.1) is 6.10 Å². The summed E-state index contributed by atoms with van der Waals surface area (Å²) in [4.78, 5) is 10.9. The van der Waals surface area contributed by atoms with Crippen LogP contribution < -0.4 is 5.32 Å². The van der Waals surface area contributed by atoms with Crippen molar-refractivity contribution in [2.24, 2.45) is 0 Å². The summed E-state index contributed by atoms with van der Waals surface area (Å²) in [7, 11) is 1.62. The zero-order chi connectivity index (χ0) is 10.8. The number of nitrogens with one attached hydrogen (secondary N) is 1. The predicted octanol–water partition coefficient (Wildman–Crippen LogP) is 1.84. The third kappa shape index (κ3) is 8.05. The zero-order valence-electron chi connectivity index (χ0n) is 9.38. The molecular weight excluding hydrogens is 178 g/mol. The van der Waals surface area contributed by atoms with Crippen LogP contribution in [0.4, 0.5) is 0 Å². The quantitative estimate of drug-likeness (QED) is 0.589. The fraction of sp³-hybridized carbons (Fsp3) is 0.909. The predicted molar refractivity (Wildman–Crippen MR) is 58.1 cm³/mol. The molecule has 0 aromatic rings. The van der Waals surface area contributed by atoms with Gasteiger partial charge in [0.2, 0.25) is 5.91 Å². The maximum Gasteiger partial charge on any atom is 0.219 e. The highest BCUT2D eigenvalue weighted by atomic mass is 16.3. The normalized spacial score (nSPS) is 12.5. The van der Waals surface area contributed by atoms with Gasteiger partial charge in [-0.05, 0) is 12.8 Å². The van der Waals surface area contributed by atoms with Gasteiger partial charge in [-0.15, -0.1) is 0 Å². The highest BCUT2D eigenvalue weighted by molar-refractivity contribution is 5.75. The second kappa shape index (κ2) is 9.00. The van der Waals surface area contributed by atoms with E-state index in [-0.39, 0.29) is 12.0 Å². The van der Waals surface area contributed by atoms with Crippen LogP contribution in [0.1, 0.15) is 51.9 Å². The van der Waals surface area contributed by atoms with E-state index in [2.05, 4.69) is 12.2 Å². The van der Waals surface area contributed by atoms with Gasteiger partial charge >= 0.3 is 0 Å². The Balaban J connectivity index is 3.27. The van der Waals surface area contributed by atoms with Crippen molar-refractivity contribution < 1.29 is 9.90 Å². The molecule has 84 valence electrons. The summed E-state index contributed by atoms with van der Waals surface area (Å²) in [5.41, 5.74) is 0. The largest absolute Gasteiger partial charge is 0.393 e. The van der Waals surface area contributed by atoms with Crippen molar-refractivity contribution in [2.75, 3.05) is 7.05 Å². The Hall–Kier alpha value is -0.570. The lowest BCUT2D eigenvalue weighted by atomic mass is 10.1. The van der Waals surface area contributed by atoms with Gasteiger partial charge in [-0.2, -0.15) is 0 Å². The summed E-state index contributed by atoms with van der Waals surface area (Å²) in [6, 6.07) is 0. The number of aliphatic hydroxyl groups excluding tert-OH is 1. The van der Waals surface area contributed by atoms with E-state index in [4.69, 9.17) is 0 Å². The molecule has 0 rings (SSSR count). The van der Waals surface area contributed by atoms with Crippen molar-refractivity contribution in [3.63, 3.8) is 0 Å². The van der Waals surface area contributed by atoms with E-state index in [0.717, 1.165) is 12.8 Å². The molecular formula is C11H23NO2. The second-order valence-corrected chi connectivity index (χ2v) is 3.72. The molecule has 1 unspecified atom stereocenters. The molecule has 14 heavy (non-hydrogen) atoms. The molecule has 0 aliphatic rings. The maximum absolute atomic E-state index is 10.9. The Kier molecular flexibility index (Phi) is 8.64. The number of rotatable bonds is 8. The average molecular weight is 201 g/mol. The van der Waals surface area contributed by atoms with Crippen LogP contribution >= 0.6 is 0 Å². The number of hydrogen-bond acceptors (Lipinski definition) is 2. The molecule has 0 radical (unpaired) electrons. The van der Waals surface area contributed by atoms with Gasteiger partial charge in [0.15, 0.2) is 0 Å². The highest BCUT2D eigenvalue weighted by Crippen LogP contribution is 2.09. The van der Waals surface area contributed by atoms with Crippen LogP contribution in [-0.2, 0) is 4.79 Å². The number of unbranched alkanes of at least 4 members (excludes halogenated alkanes) is 3. The minimum atomic E-state index is -0.302. The number of hydrogen-bond donors (Lipinski definition) is 2. The standard InChI is InChI=1S/C11H23NO2/c1-3-4-5-6-7-10(13)8-9-11(14)12-2/h10,13H,3-9H2,1-2H3,(H,12,14). The Bertz CT molecular complexity index is 148. The Morgan fingerprint density at radius 1 is 1.29 bits per heavy atom. The van der Waals surface area contributed by atoms with Crippen LogP contribution in [0.25, 0.3) is 0 Å². The second-order valence-electron chi connectivity index (χ2n) is 3.72. The van der Waals surface area contributed by atoms with Gasteiger partial charge in [0.1, 0.15) is 0 Å². The van der Waals surface area contributed by atoms with Crippen LogP contribution in [0.2, 0.25) is 0 Å². The molecule has 0 aromatic carbocycles. The van der Waals surface area contributed by atoms with E-state index in [0.29, 0.717) is 12.8 Å². The lowest BCUT2D eigenvalue weighted by Crippen LogP contribution is -2.19. The molecule has 0 saturated heterocycles. The van der Waals surface area contributed by atoms with Gasteiger partial charge in [-0.25, -0.2) is 0 Å². The van der Waals surface area contributed by atoms with E-state index in [9.17, 15) is 9.90 Å². The molecule has 1 atom stereocenters. The lowest BCUT2D eigenvalue weighted by molar-refractivity contribution is -0.121. The third-order valence-electron chi connectivity index (χ3n) is 2.37. The number of carbonyl (C=O) groups is 1. The minimum absolute atomic E-state index is 0.0117. The average Bonchev–Trinajstić information content (AvgIpc) is 2.21. The molecule has 3 heteroatoms. The molecule has 0 aliphatic carbocycles. The van der Waals surface area contributed by atoms with Crippen molar-refractivity contribution in [3.8, 4) is 0 Å². The molecule has 0 aliphatic heterocycles. The first-order valence-corrected chi connectivity index (χ1v) is 5.59. The fourth-order valence-electron chi connectivity index (χ4n) is 1.37. The van der Waals surface area contributed by atoms with Crippen LogP contribution in [0.15, 0.2) is 0 Å². The van der Waals surface area contributed by atoms with Crippen molar-refractivity contribution in [2.45, 2.75) is 58.0 Å². The van der Waals surface area contributed by atoms with Crippen LogP contribution in [0, 0.1) is 0 Å². The van der Waals surface area contributed by atoms with E-state index in [1.54, 1.807) is 7.05 Å². The van der Waals surface area contributed by atoms with Crippen molar-refractivity contribution in [1.82, 2.24) is 5.32 Å². The zero-order valence-corrected chi connectivity index (χ0v) is 9.38. The molecule has 0 aromatic heterocycles. The Labute approximate surface area is 86.9 Å². The summed E-state index contributed by atoms with van der Waals surface area (Å²) < 4.78 is 0. The Morgan fingerprint density at radius 2 is 2.00 bits per heavy atom. The Morgan fingerprint density at radius 3 is 2.57 bits per heavy atom. The summed E-state index contributed by atoms with van der Waals surface area (Å²) in [6.07, 6.45) is 6.27. The summed E-state index contributed by atoms with van der Waals surface area (Å²) in [6.45, 7) is 2.17. The molecule has 0 bridgehead atoms. The van der Waals surface area contributed by atoms with Crippen molar-refractivity contribution in [1.29, 1.82) is 0 Å². The molecule has 0 heterocycles. The molecule has 0 spiro atoms. The minimum Gasteiger partial charge on any atom is -0.393 e. The highest BCUT2D eigenvalue weighted by Gasteiger charge is 2.06. The monoisotopic (exact) mass is 201 g/mol. The van der Waals surface area contributed by atoms with E-state index in [1.807, 2.05) is 0 Å². The number of carbonyl (C=O) groups excluding carboxylic acids is 1. The molecule has 0 fully saturated rings. The first-order chi connectivity index (χ1) is 6.70. The van der Waals surface area contributed by atoms with E-state index in [1.165, 1.54) is 19.3 Å². The topological polar surface area (TPSA) is 49.3 Å². The molecule has 3 nitrogen and oxygen atoms in total. The van der Waals surface area contributed by atoms with Gasteiger partial charge in [0.25, 0.3) is 0 Å². The van der Waals surface area contributed by atoms with Crippen molar-refractivity contribution in [3.05, 3.63) is 0 Å². The van der Waals surface area contributed by atoms with Gasteiger partial charge in [-0.1, -0.05) is 32.6 Å². The van der Waals surface area contributed by atoms with Gasteiger partial charge < -0.3 is 10.4 Å². The first-order valence-electron chi connectivity index (χ1n) is 5.59. The SMILES string of the molecule is CCCCCCC(O)CCC(=O)NC. The molecule has 1 amide bonds. The van der Waals surface area contributed by atoms with E-state index < -0.39 is 0 Å². The number of amides is 1. The third-order valence-corrected chi connectivity index (χ3v) is 2.37. The fourth-order valence-corrected chi connectivity index (χ4v) is 1.37. The molecule has 0 saturated carbocycles. The number of aliphatic hydroxyl groups is 1. The smallest absolute Gasteiger partial charge is 0.219 e. The lowest BCUT2D eigenvalue weighted by Gasteiger charge is -2.09. The summed E-state index contributed by atoms with van der Waals surface area (Å²) in [5, 5.41) is 12.1. The van der Waals surface area contributed by atoms with Crippen LogP contribution in [0.5, 0.6) is 0 Å². The van der Waals surface area contributed by atoms with Gasteiger partial charge in [0, 0.05) is 13.5 Å². The summed E-state index contributed by atoms with van der Waals surface area (Å²) >= 11 is 0. The molecule has 2 N–H and O–H groups in total. The van der Waals surface area contributed by atoms with Gasteiger partial charge in [-0.3, -0.25) is 4.79 Å². The van der Waals surface area contributed by atoms with Crippen LogP contribution in [-0.4, -0.2) is 24.2 Å². The maximum atomic E-state index is 10.9. The summed E-state index contributed by atoms with van der Waals surface area (Å²) in [5.74, 6) is 0.0117. The van der Waals surface area contributed by atoms with Crippen molar-refractivity contribution >= 4 is 5.91 Å². The van der Waals surface area contributed by atoms with E-state index >= 15 is 0 Å². The van der Waals surface area contributed by atoms with Crippen LogP contribution in [0.3, 0.4) is 0 Å². The first kappa shape index (κ1) is 13.4.